The Labute approximate surface area is 132 Å². The Balaban J connectivity index is 2.13. The number of rotatable bonds is 2. The highest BCUT2D eigenvalue weighted by Crippen LogP contribution is 2.46. The Morgan fingerprint density at radius 2 is 1.95 bits per heavy atom. The highest BCUT2D eigenvalue weighted by molar-refractivity contribution is 8.01. The number of nitrogens with zero attached hydrogens (tertiary/aromatic N) is 2. The second-order valence-electron chi connectivity index (χ2n) is 7.08. The summed E-state index contributed by atoms with van der Waals surface area (Å²) in [6, 6.07) is 2.22. The molecule has 2 amide bonds. The predicted octanol–water partition coefficient (Wildman–Crippen LogP) is 3.73. The lowest BCUT2D eigenvalue weighted by Crippen LogP contribution is -2.53. The summed E-state index contributed by atoms with van der Waals surface area (Å²) in [4.78, 5) is 14.5. The molecule has 1 heterocycles. The van der Waals surface area contributed by atoms with E-state index < -0.39 is 0 Å². The number of carbonyl (C=O) groups is 1. The standard InChI is InChI=1S/C16H27N3OS/c1-11(2)14-19(13(10-17)16(3,4)21-14)15(20)18-12-8-6-5-7-9-12/h11-14H,5-9H2,1-4H3,(H,18,20). The number of amides is 2. The minimum atomic E-state index is -0.363. The summed E-state index contributed by atoms with van der Waals surface area (Å²) in [5.41, 5.74) is 0. The van der Waals surface area contributed by atoms with Crippen molar-refractivity contribution in [1.29, 1.82) is 5.26 Å². The van der Waals surface area contributed by atoms with Crippen molar-refractivity contribution in [2.24, 2.45) is 5.92 Å². The van der Waals surface area contributed by atoms with Crippen molar-refractivity contribution in [3.63, 3.8) is 0 Å². The summed E-state index contributed by atoms with van der Waals surface area (Å²) >= 11 is 1.75. The first-order valence-electron chi connectivity index (χ1n) is 8.03. The van der Waals surface area contributed by atoms with Crippen LogP contribution in [0.1, 0.15) is 59.8 Å². The van der Waals surface area contributed by atoms with Crippen LogP contribution in [0.3, 0.4) is 0 Å². The van der Waals surface area contributed by atoms with E-state index >= 15 is 0 Å². The Morgan fingerprint density at radius 3 is 2.48 bits per heavy atom. The third-order valence-electron chi connectivity index (χ3n) is 4.50. The van der Waals surface area contributed by atoms with Gasteiger partial charge in [-0.15, -0.1) is 11.8 Å². The summed E-state index contributed by atoms with van der Waals surface area (Å²) in [7, 11) is 0. The second-order valence-corrected chi connectivity index (χ2v) is 8.85. The molecule has 1 aliphatic carbocycles. The molecule has 0 aromatic heterocycles. The van der Waals surface area contributed by atoms with Gasteiger partial charge in [0.1, 0.15) is 6.04 Å². The molecular formula is C16H27N3OS. The molecule has 1 N–H and O–H groups in total. The van der Waals surface area contributed by atoms with Gasteiger partial charge in [0.05, 0.1) is 11.4 Å². The summed E-state index contributed by atoms with van der Waals surface area (Å²) in [5.74, 6) is 0.338. The van der Waals surface area contributed by atoms with Crippen molar-refractivity contribution in [1.82, 2.24) is 10.2 Å². The number of thioether (sulfide) groups is 1. The minimum absolute atomic E-state index is 0.0507. The molecule has 2 unspecified atom stereocenters. The highest BCUT2D eigenvalue weighted by atomic mass is 32.2. The molecule has 0 bridgehead atoms. The average Bonchev–Trinajstić information content (AvgIpc) is 2.71. The van der Waals surface area contributed by atoms with Gasteiger partial charge in [0.2, 0.25) is 0 Å². The number of hydrogen-bond donors (Lipinski definition) is 1. The normalized spacial score (nSPS) is 29.4. The first-order chi connectivity index (χ1) is 9.86. The Kier molecular flexibility index (Phi) is 5.08. The van der Waals surface area contributed by atoms with E-state index in [2.05, 4.69) is 39.1 Å². The molecule has 21 heavy (non-hydrogen) atoms. The monoisotopic (exact) mass is 309 g/mol. The largest absolute Gasteiger partial charge is 0.335 e. The maximum absolute atomic E-state index is 12.7. The number of nitrogens with one attached hydrogen (secondary N) is 1. The summed E-state index contributed by atoms with van der Waals surface area (Å²) in [6.07, 6.45) is 5.80. The van der Waals surface area contributed by atoms with Gasteiger partial charge in [-0.3, -0.25) is 4.90 Å². The molecule has 1 aliphatic heterocycles. The average molecular weight is 309 g/mol. The van der Waals surface area contributed by atoms with Crippen LogP contribution in [0, 0.1) is 17.2 Å². The molecule has 2 fully saturated rings. The van der Waals surface area contributed by atoms with Crippen LogP contribution in [-0.2, 0) is 0 Å². The maximum Gasteiger partial charge on any atom is 0.319 e. The third-order valence-corrected chi connectivity index (χ3v) is 6.34. The minimum Gasteiger partial charge on any atom is -0.335 e. The van der Waals surface area contributed by atoms with Crippen molar-refractivity contribution in [2.45, 2.75) is 82.0 Å². The predicted molar refractivity (Wildman–Crippen MR) is 86.9 cm³/mol. The lowest BCUT2D eigenvalue weighted by atomic mass is 9.95. The first-order valence-corrected chi connectivity index (χ1v) is 8.91. The molecule has 0 aromatic rings. The van der Waals surface area contributed by atoms with Gasteiger partial charge in [-0.1, -0.05) is 33.1 Å². The fourth-order valence-electron chi connectivity index (χ4n) is 3.32. The van der Waals surface area contributed by atoms with E-state index in [4.69, 9.17) is 0 Å². The SMILES string of the molecule is CC(C)C1SC(C)(C)C(C#N)N1C(=O)NC1CCCCC1. The summed E-state index contributed by atoms with van der Waals surface area (Å²) in [6.45, 7) is 8.37. The Bertz CT molecular complexity index is 424. The fourth-order valence-corrected chi connectivity index (χ4v) is 4.84. The van der Waals surface area contributed by atoms with Gasteiger partial charge in [-0.25, -0.2) is 4.79 Å². The topological polar surface area (TPSA) is 56.1 Å². The molecule has 1 saturated heterocycles. The summed E-state index contributed by atoms with van der Waals surface area (Å²) < 4.78 is -0.215. The number of hydrogen-bond acceptors (Lipinski definition) is 3. The number of urea groups is 1. The van der Waals surface area contributed by atoms with Crippen LogP contribution in [0.4, 0.5) is 4.79 Å². The maximum atomic E-state index is 12.7. The molecular weight excluding hydrogens is 282 g/mol. The number of nitriles is 1. The quantitative estimate of drug-likeness (QED) is 0.845. The first kappa shape index (κ1) is 16.5. The van der Waals surface area contributed by atoms with Crippen LogP contribution in [0.15, 0.2) is 0 Å². The molecule has 5 heteroatoms. The summed E-state index contributed by atoms with van der Waals surface area (Å²) in [5, 5.41) is 12.8. The van der Waals surface area contributed by atoms with E-state index in [1.54, 1.807) is 16.7 Å². The molecule has 4 nitrogen and oxygen atoms in total. The lowest BCUT2D eigenvalue weighted by Gasteiger charge is -2.32. The Morgan fingerprint density at radius 1 is 1.33 bits per heavy atom. The smallest absolute Gasteiger partial charge is 0.319 e. The zero-order valence-electron chi connectivity index (χ0n) is 13.6. The van der Waals surface area contributed by atoms with Gasteiger partial charge >= 0.3 is 6.03 Å². The van der Waals surface area contributed by atoms with Crippen LogP contribution < -0.4 is 5.32 Å². The van der Waals surface area contributed by atoms with E-state index in [1.165, 1.54) is 19.3 Å². The molecule has 2 atom stereocenters. The van der Waals surface area contributed by atoms with Gasteiger partial charge < -0.3 is 5.32 Å². The van der Waals surface area contributed by atoms with Crippen molar-refractivity contribution >= 4 is 17.8 Å². The Hall–Kier alpha value is -0.890. The van der Waals surface area contributed by atoms with Gasteiger partial charge in [-0.2, -0.15) is 5.26 Å². The zero-order valence-corrected chi connectivity index (χ0v) is 14.4. The zero-order chi connectivity index (χ0) is 15.6. The van der Waals surface area contributed by atoms with Crippen LogP contribution in [0.5, 0.6) is 0 Å². The van der Waals surface area contributed by atoms with Gasteiger partial charge in [0.25, 0.3) is 0 Å². The van der Waals surface area contributed by atoms with E-state index in [9.17, 15) is 10.1 Å². The van der Waals surface area contributed by atoms with Crippen molar-refractivity contribution < 1.29 is 4.79 Å². The molecule has 2 rings (SSSR count). The molecule has 2 aliphatic rings. The van der Waals surface area contributed by atoms with Crippen molar-refractivity contribution in [3.05, 3.63) is 0 Å². The number of carbonyl (C=O) groups excluding carboxylic acids is 1. The van der Waals surface area contributed by atoms with Crippen LogP contribution in [0.2, 0.25) is 0 Å². The fraction of sp³-hybridized carbons (Fsp3) is 0.875. The molecule has 1 saturated carbocycles. The van der Waals surface area contributed by atoms with Gasteiger partial charge in [0, 0.05) is 10.8 Å². The third kappa shape index (κ3) is 3.48. The molecule has 0 aromatic carbocycles. The van der Waals surface area contributed by atoms with E-state index in [0.29, 0.717) is 5.92 Å². The van der Waals surface area contributed by atoms with Crippen LogP contribution >= 0.6 is 11.8 Å². The molecule has 118 valence electrons. The van der Waals surface area contributed by atoms with Crippen LogP contribution in [-0.4, -0.2) is 33.1 Å². The lowest BCUT2D eigenvalue weighted by molar-refractivity contribution is 0.164. The van der Waals surface area contributed by atoms with Gasteiger partial charge in [-0.05, 0) is 32.6 Å². The van der Waals surface area contributed by atoms with Gasteiger partial charge in [0.15, 0.2) is 0 Å². The van der Waals surface area contributed by atoms with Crippen LogP contribution in [0.25, 0.3) is 0 Å². The van der Waals surface area contributed by atoms with Crippen molar-refractivity contribution in [2.75, 3.05) is 0 Å². The van der Waals surface area contributed by atoms with E-state index in [1.807, 2.05) is 0 Å². The van der Waals surface area contributed by atoms with E-state index in [-0.39, 0.29) is 28.2 Å². The molecule has 0 radical (unpaired) electrons. The van der Waals surface area contributed by atoms with Crippen molar-refractivity contribution in [3.8, 4) is 6.07 Å². The van der Waals surface area contributed by atoms with E-state index in [0.717, 1.165) is 12.8 Å². The molecule has 0 spiro atoms. The highest BCUT2D eigenvalue weighted by Gasteiger charge is 2.50. The second kappa shape index (κ2) is 6.48.